The van der Waals surface area contributed by atoms with Crippen LogP contribution in [0.2, 0.25) is 0 Å². The van der Waals surface area contributed by atoms with Crippen LogP contribution < -0.4 is 5.32 Å². The molecule has 2 aliphatic heterocycles. The van der Waals surface area contributed by atoms with Crippen LogP contribution in [-0.4, -0.2) is 62.0 Å². The number of carbonyl (C=O) groups excluding carboxylic acids is 2. The number of carbonyl (C=O) groups is 2. The van der Waals surface area contributed by atoms with Crippen molar-refractivity contribution in [3.63, 3.8) is 0 Å². The Morgan fingerprint density at radius 3 is 2.72 bits per heavy atom. The molecular formula is C17H27N5O3. The van der Waals surface area contributed by atoms with Crippen LogP contribution in [0.1, 0.15) is 57.4 Å². The maximum absolute atomic E-state index is 12.6. The van der Waals surface area contributed by atoms with Crippen molar-refractivity contribution in [3.05, 3.63) is 11.9 Å². The molecule has 0 saturated carbocycles. The van der Waals surface area contributed by atoms with Crippen molar-refractivity contribution in [2.75, 3.05) is 13.1 Å². The summed E-state index contributed by atoms with van der Waals surface area (Å²) in [5.74, 6) is -0.227. The SMILES string of the molecule is CCn1ncc(C(=O)N2CCC(C)(NC(=O)C3CCC(C)(C)O3)C2)n1. The van der Waals surface area contributed by atoms with E-state index >= 15 is 0 Å². The Balaban J connectivity index is 1.59. The van der Waals surface area contributed by atoms with E-state index < -0.39 is 11.6 Å². The molecule has 1 aromatic rings. The van der Waals surface area contributed by atoms with Crippen molar-refractivity contribution >= 4 is 11.8 Å². The molecule has 0 aromatic carbocycles. The van der Waals surface area contributed by atoms with Crippen LogP contribution in [0, 0.1) is 0 Å². The van der Waals surface area contributed by atoms with Gasteiger partial charge in [0, 0.05) is 13.1 Å². The smallest absolute Gasteiger partial charge is 0.276 e. The van der Waals surface area contributed by atoms with Crippen molar-refractivity contribution in [1.29, 1.82) is 0 Å². The molecule has 8 nitrogen and oxygen atoms in total. The zero-order valence-electron chi connectivity index (χ0n) is 15.4. The molecule has 0 bridgehead atoms. The van der Waals surface area contributed by atoms with Crippen LogP contribution in [0.15, 0.2) is 6.20 Å². The average Bonchev–Trinajstić information content (AvgIpc) is 3.25. The Labute approximate surface area is 147 Å². The summed E-state index contributed by atoms with van der Waals surface area (Å²) in [6.45, 7) is 9.57. The van der Waals surface area contributed by atoms with E-state index in [1.807, 2.05) is 27.7 Å². The summed E-state index contributed by atoms with van der Waals surface area (Å²) in [7, 11) is 0. The fraction of sp³-hybridized carbons (Fsp3) is 0.765. The number of ether oxygens (including phenoxy) is 1. The van der Waals surface area contributed by atoms with E-state index in [1.54, 1.807) is 4.90 Å². The Bertz CT molecular complexity index is 671. The second-order valence-corrected chi connectivity index (χ2v) is 7.85. The van der Waals surface area contributed by atoms with Gasteiger partial charge in [0.05, 0.1) is 23.9 Å². The van der Waals surface area contributed by atoms with Gasteiger partial charge in [0.25, 0.3) is 5.91 Å². The summed E-state index contributed by atoms with van der Waals surface area (Å²) >= 11 is 0. The lowest BCUT2D eigenvalue weighted by Gasteiger charge is -2.28. The standard InChI is InChI=1S/C17H27N5O3/c1-5-22-18-10-12(20-22)15(24)21-9-8-17(4,11-21)19-14(23)13-6-7-16(2,3)25-13/h10,13H,5-9,11H2,1-4H3,(H,19,23). The Kier molecular flexibility index (Phi) is 4.57. The molecule has 2 aliphatic rings. The summed E-state index contributed by atoms with van der Waals surface area (Å²) in [6, 6.07) is 0. The minimum Gasteiger partial charge on any atom is -0.363 e. The molecule has 138 valence electrons. The van der Waals surface area contributed by atoms with Crippen molar-refractivity contribution < 1.29 is 14.3 Å². The largest absolute Gasteiger partial charge is 0.363 e. The van der Waals surface area contributed by atoms with E-state index in [2.05, 4.69) is 15.5 Å². The van der Waals surface area contributed by atoms with E-state index in [0.717, 1.165) is 12.8 Å². The number of likely N-dealkylation sites (tertiary alicyclic amines) is 1. The summed E-state index contributed by atoms with van der Waals surface area (Å²) in [5.41, 5.74) is -0.340. The Morgan fingerprint density at radius 1 is 1.36 bits per heavy atom. The molecule has 2 atom stereocenters. The van der Waals surface area contributed by atoms with E-state index in [-0.39, 0.29) is 17.4 Å². The van der Waals surface area contributed by atoms with Gasteiger partial charge in [0.1, 0.15) is 6.10 Å². The number of hydrogen-bond acceptors (Lipinski definition) is 5. The molecule has 0 aliphatic carbocycles. The van der Waals surface area contributed by atoms with Gasteiger partial charge in [-0.1, -0.05) is 0 Å². The third kappa shape index (κ3) is 3.84. The zero-order chi connectivity index (χ0) is 18.2. The van der Waals surface area contributed by atoms with E-state index in [9.17, 15) is 9.59 Å². The normalized spacial score (nSPS) is 28.3. The van der Waals surface area contributed by atoms with Gasteiger partial charge in [-0.25, -0.2) is 0 Å². The highest BCUT2D eigenvalue weighted by molar-refractivity contribution is 5.92. The van der Waals surface area contributed by atoms with Crippen LogP contribution in [-0.2, 0) is 16.1 Å². The first kappa shape index (κ1) is 17.8. The first-order valence-electron chi connectivity index (χ1n) is 8.91. The third-order valence-electron chi connectivity index (χ3n) is 4.99. The first-order chi connectivity index (χ1) is 11.7. The monoisotopic (exact) mass is 349 g/mol. The van der Waals surface area contributed by atoms with Crippen molar-refractivity contribution in [2.45, 2.75) is 70.7 Å². The number of nitrogens with zero attached hydrogens (tertiary/aromatic N) is 4. The van der Waals surface area contributed by atoms with Crippen molar-refractivity contribution in [1.82, 2.24) is 25.2 Å². The molecule has 3 rings (SSSR count). The highest BCUT2D eigenvalue weighted by atomic mass is 16.5. The molecule has 2 fully saturated rings. The fourth-order valence-corrected chi connectivity index (χ4v) is 3.49. The van der Waals surface area contributed by atoms with Gasteiger partial charge in [0.2, 0.25) is 5.91 Å². The summed E-state index contributed by atoms with van der Waals surface area (Å²) in [4.78, 5) is 28.3. The average molecular weight is 349 g/mol. The molecule has 2 amide bonds. The molecular weight excluding hydrogens is 322 g/mol. The first-order valence-corrected chi connectivity index (χ1v) is 8.91. The van der Waals surface area contributed by atoms with Gasteiger partial charge in [-0.05, 0) is 47.0 Å². The molecule has 25 heavy (non-hydrogen) atoms. The highest BCUT2D eigenvalue weighted by Crippen LogP contribution is 2.30. The van der Waals surface area contributed by atoms with Crippen LogP contribution in [0.25, 0.3) is 0 Å². The minimum atomic E-state index is -0.441. The van der Waals surface area contributed by atoms with Gasteiger partial charge in [0.15, 0.2) is 5.69 Å². The van der Waals surface area contributed by atoms with Crippen LogP contribution in [0.5, 0.6) is 0 Å². The van der Waals surface area contributed by atoms with E-state index in [0.29, 0.717) is 31.7 Å². The molecule has 0 spiro atoms. The second-order valence-electron chi connectivity index (χ2n) is 7.85. The Hall–Kier alpha value is -1.96. The predicted molar refractivity (Wildman–Crippen MR) is 91.0 cm³/mol. The summed E-state index contributed by atoms with van der Waals surface area (Å²) in [5, 5.41) is 11.3. The minimum absolute atomic E-state index is 0.0840. The Morgan fingerprint density at radius 2 is 2.12 bits per heavy atom. The predicted octanol–water partition coefficient (Wildman–Crippen LogP) is 0.976. The van der Waals surface area contributed by atoms with E-state index in [1.165, 1.54) is 11.0 Å². The van der Waals surface area contributed by atoms with Crippen LogP contribution >= 0.6 is 0 Å². The topological polar surface area (TPSA) is 89.4 Å². The van der Waals surface area contributed by atoms with Gasteiger partial charge in [-0.3, -0.25) is 9.59 Å². The molecule has 8 heteroatoms. The fourth-order valence-electron chi connectivity index (χ4n) is 3.49. The van der Waals surface area contributed by atoms with Gasteiger partial charge >= 0.3 is 0 Å². The van der Waals surface area contributed by atoms with Gasteiger partial charge in [-0.15, -0.1) is 5.10 Å². The zero-order valence-corrected chi connectivity index (χ0v) is 15.4. The molecule has 3 heterocycles. The molecule has 2 unspecified atom stereocenters. The lowest BCUT2D eigenvalue weighted by molar-refractivity contribution is -0.137. The molecule has 1 N–H and O–H groups in total. The summed E-state index contributed by atoms with van der Waals surface area (Å²) < 4.78 is 5.81. The molecule has 1 aromatic heterocycles. The number of aromatic nitrogens is 3. The number of aryl methyl sites for hydroxylation is 1. The lowest BCUT2D eigenvalue weighted by Crippen LogP contribution is -2.52. The van der Waals surface area contributed by atoms with Gasteiger partial charge in [-0.2, -0.15) is 9.90 Å². The van der Waals surface area contributed by atoms with Crippen molar-refractivity contribution in [2.24, 2.45) is 0 Å². The van der Waals surface area contributed by atoms with Crippen LogP contribution in [0.3, 0.4) is 0 Å². The summed E-state index contributed by atoms with van der Waals surface area (Å²) in [6.07, 6.45) is 3.41. The number of amides is 2. The van der Waals surface area contributed by atoms with Crippen molar-refractivity contribution in [3.8, 4) is 0 Å². The van der Waals surface area contributed by atoms with Crippen LogP contribution in [0.4, 0.5) is 0 Å². The second kappa shape index (κ2) is 6.40. The lowest BCUT2D eigenvalue weighted by atomic mass is 10.0. The maximum Gasteiger partial charge on any atom is 0.276 e. The maximum atomic E-state index is 12.6. The number of rotatable bonds is 4. The number of hydrogen-bond donors (Lipinski definition) is 1. The molecule has 2 saturated heterocycles. The third-order valence-corrected chi connectivity index (χ3v) is 4.99. The highest BCUT2D eigenvalue weighted by Gasteiger charge is 2.42. The molecule has 0 radical (unpaired) electrons. The quantitative estimate of drug-likeness (QED) is 0.875. The number of nitrogens with one attached hydrogen (secondary N) is 1. The van der Waals surface area contributed by atoms with E-state index in [4.69, 9.17) is 4.74 Å². The van der Waals surface area contributed by atoms with Gasteiger partial charge < -0.3 is 15.0 Å².